The predicted molar refractivity (Wildman–Crippen MR) is 288 cm³/mol. The van der Waals surface area contributed by atoms with Crippen LogP contribution in [0.4, 0.5) is 0 Å². The van der Waals surface area contributed by atoms with Gasteiger partial charge < -0.3 is 20.4 Å². The molecule has 65 heavy (non-hydrogen) atoms. The number of rotatable bonds is 5. The fourth-order valence-corrected chi connectivity index (χ4v) is 12.4. The molecular formula is C57H58B2O4S2. The summed E-state index contributed by atoms with van der Waals surface area (Å²) in [5.74, 6) is 0.853. The van der Waals surface area contributed by atoms with E-state index in [0.29, 0.717) is 28.4 Å². The lowest BCUT2D eigenvalue weighted by atomic mass is 9.73. The first-order valence-corrected chi connectivity index (χ1v) is 23.6. The standard InChI is InChI=1S/C57H58B2O4S2/c1-22-18-39-49-36(31(10)57(65)55(39)63)19-35-30(9)53(61)40-20-37(29(8)45(40)50(35)49)52(59)42(22)43(33(12)58)25(4)23(2)26(5)44-38-21-41(60)56(64)32(11)46(38)48(34-16-14-13-15-17-34)47-27(6)24(3)28(7)54(62)51(44)47/h13-14,16,18,21,60-65H,12,15,17,19-20,58-59H2,1-11H3/b22-18?,26-23+,39-18?,42-22?,43-25+,52-37?,52-42?. The third-order valence-corrected chi connectivity index (χ3v) is 17.1. The highest BCUT2D eigenvalue weighted by atomic mass is 32.1. The highest BCUT2D eigenvalue weighted by Crippen LogP contribution is 2.54. The summed E-state index contributed by atoms with van der Waals surface area (Å²) in [5.41, 5.74) is 22.4. The van der Waals surface area contributed by atoms with Crippen LogP contribution in [0.5, 0.6) is 23.0 Å². The second-order valence-electron chi connectivity index (χ2n) is 19.3. The van der Waals surface area contributed by atoms with Gasteiger partial charge in [0.05, 0.1) is 0 Å². The molecule has 6 aromatic carbocycles. The maximum Gasteiger partial charge on any atom is 0.140 e. The summed E-state index contributed by atoms with van der Waals surface area (Å²) in [4.78, 5) is 1.11. The Morgan fingerprint density at radius 3 is 1.91 bits per heavy atom. The van der Waals surface area contributed by atoms with Crippen molar-refractivity contribution in [2.45, 2.75) is 112 Å². The van der Waals surface area contributed by atoms with Gasteiger partial charge in [0.2, 0.25) is 0 Å². The Morgan fingerprint density at radius 1 is 0.600 bits per heavy atom. The van der Waals surface area contributed by atoms with Crippen LogP contribution in [0.3, 0.4) is 0 Å². The fourth-order valence-electron chi connectivity index (χ4n) is 12.0. The third kappa shape index (κ3) is 6.15. The molecule has 0 aromatic heterocycles. The number of benzene rings is 5. The first-order valence-electron chi connectivity index (χ1n) is 22.7. The maximum atomic E-state index is 12.5. The lowest BCUT2D eigenvalue weighted by molar-refractivity contribution is 0.462. The highest BCUT2D eigenvalue weighted by Gasteiger charge is 2.33. The van der Waals surface area contributed by atoms with E-state index in [1.54, 1.807) is 0 Å². The zero-order chi connectivity index (χ0) is 47.1. The summed E-state index contributed by atoms with van der Waals surface area (Å²) in [6.45, 7) is 27.8. The van der Waals surface area contributed by atoms with Gasteiger partial charge in [-0.05, 0) is 246 Å². The molecule has 2 bridgehead atoms. The largest absolute Gasteiger partial charge is 0.507 e. The third-order valence-electron chi connectivity index (χ3n) is 15.9. The minimum absolute atomic E-state index is 0.0961. The van der Waals surface area contributed by atoms with E-state index in [-0.39, 0.29) is 17.2 Å². The van der Waals surface area contributed by atoms with E-state index >= 15 is 0 Å². The van der Waals surface area contributed by atoms with Gasteiger partial charge in [0.15, 0.2) is 0 Å². The van der Waals surface area contributed by atoms with E-state index in [0.717, 1.165) is 167 Å². The molecule has 0 heterocycles. The predicted octanol–water partition coefficient (Wildman–Crippen LogP) is 12.5. The van der Waals surface area contributed by atoms with Crippen LogP contribution >= 0.6 is 25.3 Å². The van der Waals surface area contributed by atoms with E-state index in [9.17, 15) is 20.4 Å². The fraction of sp³-hybridized carbons (Fsp3) is 0.263. The quantitative estimate of drug-likeness (QED) is 0.0450. The average molecular weight is 893 g/mol. The molecule has 9 rings (SSSR count). The van der Waals surface area contributed by atoms with Gasteiger partial charge >= 0.3 is 0 Å². The van der Waals surface area contributed by atoms with E-state index in [4.69, 9.17) is 25.3 Å². The van der Waals surface area contributed by atoms with Crippen LogP contribution in [0, 0.1) is 55.4 Å². The Kier molecular flexibility index (Phi) is 10.7. The molecule has 0 atom stereocenters. The number of aromatic hydroxyl groups is 4. The number of phenols is 4. The number of fused-ring (bicyclic) bond motifs is 3. The van der Waals surface area contributed by atoms with Gasteiger partial charge in [-0.15, -0.1) is 31.8 Å². The summed E-state index contributed by atoms with van der Waals surface area (Å²) in [5, 5.41) is 55.7. The van der Waals surface area contributed by atoms with Crippen molar-refractivity contribution in [3.63, 3.8) is 0 Å². The van der Waals surface area contributed by atoms with Gasteiger partial charge in [-0.2, -0.15) is 0 Å². The van der Waals surface area contributed by atoms with Gasteiger partial charge in [-0.25, -0.2) is 0 Å². The molecule has 0 radical (unpaired) electrons. The molecule has 0 spiro atoms. The number of aryl methyl sites for hydroxylation is 4. The molecule has 0 saturated heterocycles. The normalized spacial score (nSPS) is 14.6. The van der Waals surface area contributed by atoms with E-state index in [1.165, 1.54) is 11.1 Å². The lowest BCUT2D eigenvalue weighted by Crippen LogP contribution is -2.18. The van der Waals surface area contributed by atoms with Crippen LogP contribution in [-0.2, 0) is 12.8 Å². The molecule has 4 N–H and O–H groups in total. The molecule has 0 aliphatic heterocycles. The first kappa shape index (κ1) is 44.8. The van der Waals surface area contributed by atoms with Crippen molar-refractivity contribution in [2.75, 3.05) is 0 Å². The van der Waals surface area contributed by atoms with Crippen molar-refractivity contribution in [3.05, 3.63) is 137 Å². The molecule has 6 aromatic rings. The Morgan fingerprint density at radius 2 is 1.26 bits per heavy atom. The molecule has 0 amide bonds. The van der Waals surface area contributed by atoms with Crippen molar-refractivity contribution in [1.82, 2.24) is 0 Å². The number of allylic oxidation sites excluding steroid dienone is 9. The molecular weight excluding hydrogens is 834 g/mol. The smallest absolute Gasteiger partial charge is 0.140 e. The van der Waals surface area contributed by atoms with E-state index in [2.05, 4.69) is 95.0 Å². The van der Waals surface area contributed by atoms with E-state index < -0.39 is 0 Å². The molecule has 0 unspecified atom stereocenters. The number of thiol groups is 2. The Labute approximate surface area is 396 Å². The zero-order valence-electron chi connectivity index (χ0n) is 40.1. The highest BCUT2D eigenvalue weighted by molar-refractivity contribution is 7.80. The number of hydrogen-bond acceptors (Lipinski definition) is 6. The second kappa shape index (κ2) is 15.6. The van der Waals surface area contributed by atoms with Gasteiger partial charge in [-0.3, -0.25) is 0 Å². The van der Waals surface area contributed by atoms with Crippen molar-refractivity contribution in [3.8, 4) is 23.0 Å². The average Bonchev–Trinajstić information content (AvgIpc) is 3.84. The van der Waals surface area contributed by atoms with Crippen molar-refractivity contribution in [1.29, 1.82) is 0 Å². The van der Waals surface area contributed by atoms with Crippen molar-refractivity contribution >= 4 is 106 Å². The van der Waals surface area contributed by atoms with Gasteiger partial charge in [0.25, 0.3) is 0 Å². The van der Waals surface area contributed by atoms with Crippen LogP contribution in [0.2, 0.25) is 0 Å². The zero-order valence-corrected chi connectivity index (χ0v) is 41.9. The molecule has 8 heteroatoms. The first-order chi connectivity index (χ1) is 30.6. The Balaban J connectivity index is 1.46. The number of phenolic OH excluding ortho intramolecular Hbond substituents is 4. The van der Waals surface area contributed by atoms with Gasteiger partial charge in [0, 0.05) is 32.5 Å². The van der Waals surface area contributed by atoms with Crippen molar-refractivity contribution in [2.24, 2.45) is 0 Å². The minimum atomic E-state index is 0.0961. The lowest BCUT2D eigenvalue weighted by Gasteiger charge is -2.27. The SMILES string of the molecule is BC(=C)/C(=C(C)\C(C)=C(/C)c1c2cc(O)c(S)c(C)c2c(C2=CC=CCC2)c2c(C)c(C)c(C)c(O)c12)c1c(C)cc2c(O)c(S)c(C)c3c2c2c(c(C)c(O)c4c2c(C)c(c1B)C4)C3. The topological polar surface area (TPSA) is 80.9 Å². The molecule has 4 nitrogen and oxygen atoms in total. The summed E-state index contributed by atoms with van der Waals surface area (Å²) in [7, 11) is 4.26. The number of hydrogen-bond donors (Lipinski definition) is 6. The molecule has 0 saturated carbocycles. The summed E-state index contributed by atoms with van der Waals surface area (Å²) in [6, 6.07) is 3.98. The summed E-state index contributed by atoms with van der Waals surface area (Å²) in [6.07, 6.45) is 9.54. The second-order valence-corrected chi connectivity index (χ2v) is 20.2. The monoisotopic (exact) mass is 892 g/mol. The van der Waals surface area contributed by atoms with Crippen LogP contribution in [0.1, 0.15) is 117 Å². The molecule has 3 aliphatic carbocycles. The van der Waals surface area contributed by atoms with Gasteiger partial charge in [0.1, 0.15) is 38.7 Å². The summed E-state index contributed by atoms with van der Waals surface area (Å²) >= 11 is 9.77. The minimum Gasteiger partial charge on any atom is -0.507 e. The molecule has 328 valence electrons. The maximum absolute atomic E-state index is 12.5. The summed E-state index contributed by atoms with van der Waals surface area (Å²) < 4.78 is 0. The molecule has 0 fully saturated rings. The van der Waals surface area contributed by atoms with E-state index in [1.807, 2.05) is 33.8 Å². The molecule has 3 aliphatic rings. The van der Waals surface area contributed by atoms with Crippen LogP contribution in [0.25, 0.3) is 59.8 Å². The Hall–Kier alpha value is -5.43. The Bertz CT molecular complexity index is 3530. The van der Waals surface area contributed by atoms with Crippen molar-refractivity contribution < 1.29 is 20.4 Å². The van der Waals surface area contributed by atoms with Crippen LogP contribution in [-0.4, -0.2) is 36.1 Å². The van der Waals surface area contributed by atoms with Crippen LogP contribution in [0.15, 0.2) is 63.3 Å². The van der Waals surface area contributed by atoms with Gasteiger partial charge in [-0.1, -0.05) is 29.2 Å². The van der Waals surface area contributed by atoms with Crippen LogP contribution < -0.4 is 5.46 Å².